The highest BCUT2D eigenvalue weighted by Crippen LogP contribution is 2.43. The molecule has 1 aliphatic rings. The van der Waals surface area contributed by atoms with Crippen molar-refractivity contribution in [2.45, 2.75) is 39.3 Å². The zero-order valence-electron chi connectivity index (χ0n) is 20.7. The van der Waals surface area contributed by atoms with E-state index >= 15 is 0 Å². The molecule has 2 N–H and O–H groups in total. The van der Waals surface area contributed by atoms with Crippen molar-refractivity contribution in [2.75, 3.05) is 6.61 Å². The van der Waals surface area contributed by atoms with Crippen molar-refractivity contribution in [3.8, 4) is 17.0 Å². The first-order valence-corrected chi connectivity index (χ1v) is 12.1. The number of halogens is 3. The van der Waals surface area contributed by atoms with Crippen molar-refractivity contribution in [1.29, 1.82) is 0 Å². The number of benzene rings is 2. The molecule has 0 bridgehead atoms. The van der Waals surface area contributed by atoms with Gasteiger partial charge in [-0.05, 0) is 55.2 Å². The van der Waals surface area contributed by atoms with E-state index in [0.29, 0.717) is 39.0 Å². The minimum Gasteiger partial charge on any atom is -0.494 e. The van der Waals surface area contributed by atoms with Crippen LogP contribution in [0.4, 0.5) is 13.2 Å². The minimum atomic E-state index is -4.45. The van der Waals surface area contributed by atoms with E-state index in [4.69, 9.17) is 14.5 Å². The molecule has 0 saturated heterocycles. The molecule has 39 heavy (non-hydrogen) atoms. The van der Waals surface area contributed by atoms with E-state index in [9.17, 15) is 33.0 Å². The van der Waals surface area contributed by atoms with Crippen molar-refractivity contribution < 1.29 is 42.4 Å². The smallest absolute Gasteiger partial charge is 0.416 e. The average Bonchev–Trinajstić information content (AvgIpc) is 3.49. The Morgan fingerprint density at radius 1 is 1.08 bits per heavy atom. The molecule has 11 heteroatoms. The SMILES string of the molecule is CCOC(=O)c1c(CCc2ccc(C(F)(F)F)cc2)nc2c3n(c(O)c2c1-c1ccc(C(=O)O)cc1)COC3. The molecule has 0 fully saturated rings. The molecular weight excluding hydrogens is 517 g/mol. The van der Waals surface area contributed by atoms with Gasteiger partial charge in [-0.25, -0.2) is 14.6 Å². The molecule has 5 rings (SSSR count). The molecule has 2 aromatic heterocycles. The second kappa shape index (κ2) is 10.1. The van der Waals surface area contributed by atoms with Crippen molar-refractivity contribution >= 4 is 22.8 Å². The summed E-state index contributed by atoms with van der Waals surface area (Å²) in [6.45, 7) is 1.98. The van der Waals surface area contributed by atoms with E-state index in [1.807, 2.05) is 0 Å². The predicted octanol–water partition coefficient (Wildman–Crippen LogP) is 5.58. The molecular formula is C28H23F3N2O6. The lowest BCUT2D eigenvalue weighted by Crippen LogP contribution is -2.13. The van der Waals surface area contributed by atoms with Gasteiger partial charge in [0.2, 0.25) is 5.88 Å². The van der Waals surface area contributed by atoms with Gasteiger partial charge in [0.05, 0.1) is 52.2 Å². The van der Waals surface area contributed by atoms with Gasteiger partial charge >= 0.3 is 18.1 Å². The first-order valence-electron chi connectivity index (χ1n) is 12.1. The number of carbonyl (C=O) groups is 2. The van der Waals surface area contributed by atoms with Crippen LogP contribution in [-0.2, 0) is 41.8 Å². The van der Waals surface area contributed by atoms with Gasteiger partial charge in [-0.3, -0.25) is 4.57 Å². The topological polar surface area (TPSA) is 111 Å². The maximum atomic E-state index is 13.3. The first kappa shape index (κ1) is 26.2. The van der Waals surface area contributed by atoms with Crippen molar-refractivity contribution in [3.63, 3.8) is 0 Å². The summed E-state index contributed by atoms with van der Waals surface area (Å²) in [6.07, 6.45) is -3.99. The molecule has 0 saturated carbocycles. The lowest BCUT2D eigenvalue weighted by molar-refractivity contribution is -0.137. The summed E-state index contributed by atoms with van der Waals surface area (Å²) in [4.78, 5) is 29.5. The number of hydrogen-bond acceptors (Lipinski definition) is 6. The van der Waals surface area contributed by atoms with Gasteiger partial charge in [0, 0.05) is 5.56 Å². The fourth-order valence-corrected chi connectivity index (χ4v) is 4.77. The van der Waals surface area contributed by atoms with Gasteiger partial charge in [-0.2, -0.15) is 13.2 Å². The standard InChI is InChI=1S/C28H23F3N2O6/c1-2-39-27(37)22-19(12-5-15-3-10-18(11-4-15)28(29,30)31)32-24-20-13-38-14-33(20)25(34)23(24)21(22)16-6-8-17(9-7-16)26(35)36/h3-4,6-11,34H,2,5,12-14H2,1H3,(H,35,36). The van der Waals surface area contributed by atoms with Gasteiger partial charge < -0.3 is 19.7 Å². The second-order valence-electron chi connectivity index (χ2n) is 9.01. The maximum absolute atomic E-state index is 13.3. The third-order valence-corrected chi connectivity index (χ3v) is 6.64. The number of fused-ring (bicyclic) bond motifs is 3. The number of aromatic carboxylic acids is 1. The molecule has 0 radical (unpaired) electrons. The highest BCUT2D eigenvalue weighted by molar-refractivity contribution is 6.10. The summed E-state index contributed by atoms with van der Waals surface area (Å²) in [7, 11) is 0. The number of hydrogen-bond donors (Lipinski definition) is 2. The third kappa shape index (κ3) is 4.81. The zero-order chi connectivity index (χ0) is 27.9. The maximum Gasteiger partial charge on any atom is 0.416 e. The van der Waals surface area contributed by atoms with Crippen LogP contribution in [0.5, 0.6) is 5.88 Å². The van der Waals surface area contributed by atoms with Crippen LogP contribution in [-0.4, -0.2) is 38.3 Å². The number of ether oxygens (including phenoxy) is 2. The monoisotopic (exact) mass is 540 g/mol. The second-order valence-corrected chi connectivity index (χ2v) is 9.01. The number of nitrogens with zero attached hydrogens (tertiary/aromatic N) is 2. The first-order chi connectivity index (χ1) is 18.6. The molecule has 0 atom stereocenters. The molecule has 0 spiro atoms. The molecule has 0 amide bonds. The van der Waals surface area contributed by atoms with Gasteiger partial charge in [0.1, 0.15) is 6.73 Å². The number of carboxylic acids is 1. The normalized spacial score (nSPS) is 13.0. The molecule has 202 valence electrons. The van der Waals surface area contributed by atoms with Crippen molar-refractivity contribution in [1.82, 2.24) is 9.55 Å². The van der Waals surface area contributed by atoms with Gasteiger partial charge in [-0.15, -0.1) is 0 Å². The van der Waals surface area contributed by atoms with E-state index in [0.717, 1.165) is 12.1 Å². The number of aryl methyl sites for hydroxylation is 2. The van der Waals surface area contributed by atoms with E-state index in [-0.39, 0.29) is 49.8 Å². The summed E-state index contributed by atoms with van der Waals surface area (Å²) in [5.74, 6) is -1.96. The van der Waals surface area contributed by atoms with Gasteiger partial charge in [0.25, 0.3) is 0 Å². The Kier molecular flexibility index (Phi) is 6.77. The van der Waals surface area contributed by atoms with Crippen LogP contribution >= 0.6 is 0 Å². The summed E-state index contributed by atoms with van der Waals surface area (Å²) in [5.41, 5.74) is 2.14. The van der Waals surface area contributed by atoms with Crippen LogP contribution in [0.25, 0.3) is 22.0 Å². The summed E-state index contributed by atoms with van der Waals surface area (Å²) in [6, 6.07) is 10.6. The highest BCUT2D eigenvalue weighted by atomic mass is 19.4. The zero-order valence-corrected chi connectivity index (χ0v) is 20.7. The number of aromatic hydroxyl groups is 1. The summed E-state index contributed by atoms with van der Waals surface area (Å²) < 4.78 is 51.3. The third-order valence-electron chi connectivity index (χ3n) is 6.64. The van der Waals surface area contributed by atoms with Crippen LogP contribution in [0.15, 0.2) is 48.5 Å². The number of carbonyl (C=O) groups excluding carboxylic acids is 1. The molecule has 0 aliphatic carbocycles. The predicted molar refractivity (Wildman–Crippen MR) is 133 cm³/mol. The van der Waals surface area contributed by atoms with Crippen molar-refractivity contribution in [2.24, 2.45) is 0 Å². The van der Waals surface area contributed by atoms with Crippen LogP contribution in [0.3, 0.4) is 0 Å². The number of aromatic nitrogens is 2. The fourth-order valence-electron chi connectivity index (χ4n) is 4.77. The molecule has 2 aromatic carbocycles. The lowest BCUT2D eigenvalue weighted by Gasteiger charge is -2.16. The Labute approximate surface area is 220 Å². The van der Waals surface area contributed by atoms with Crippen LogP contribution < -0.4 is 0 Å². The highest BCUT2D eigenvalue weighted by Gasteiger charge is 2.32. The molecule has 8 nitrogen and oxygen atoms in total. The van der Waals surface area contributed by atoms with Gasteiger partial charge in [0.15, 0.2) is 0 Å². The van der Waals surface area contributed by atoms with E-state index < -0.39 is 23.7 Å². The van der Waals surface area contributed by atoms with Crippen LogP contribution in [0, 0.1) is 0 Å². The van der Waals surface area contributed by atoms with E-state index in [2.05, 4.69) is 0 Å². The number of rotatable bonds is 7. The average molecular weight is 540 g/mol. The molecule has 0 unspecified atom stereocenters. The minimum absolute atomic E-state index is 0.0428. The van der Waals surface area contributed by atoms with E-state index in [1.54, 1.807) is 23.6 Å². The van der Waals surface area contributed by atoms with Crippen LogP contribution in [0.1, 0.15) is 50.2 Å². The Morgan fingerprint density at radius 2 is 1.77 bits per heavy atom. The largest absolute Gasteiger partial charge is 0.494 e. The Bertz CT molecular complexity index is 1570. The van der Waals surface area contributed by atoms with Gasteiger partial charge in [-0.1, -0.05) is 24.3 Å². The Hall–Kier alpha value is -4.38. The van der Waals surface area contributed by atoms with E-state index in [1.165, 1.54) is 24.3 Å². The Morgan fingerprint density at radius 3 is 2.38 bits per heavy atom. The Balaban J connectivity index is 1.68. The number of esters is 1. The van der Waals surface area contributed by atoms with Crippen LogP contribution in [0.2, 0.25) is 0 Å². The number of carboxylic acid groups (broad SMARTS) is 1. The van der Waals surface area contributed by atoms with Crippen molar-refractivity contribution in [3.05, 3.63) is 82.2 Å². The molecule has 1 aliphatic heterocycles. The quantitative estimate of drug-likeness (QED) is 0.295. The number of alkyl halides is 3. The summed E-state index contributed by atoms with van der Waals surface area (Å²) in [5, 5.41) is 20.8. The fraction of sp³-hybridized carbons (Fsp3) is 0.250. The molecule has 3 heterocycles. The number of pyridine rings is 1. The lowest BCUT2D eigenvalue weighted by atomic mass is 9.92. The molecule has 4 aromatic rings. The summed E-state index contributed by atoms with van der Waals surface area (Å²) >= 11 is 0.